The van der Waals surface area contributed by atoms with Crippen LogP contribution in [0.25, 0.3) is 0 Å². The Labute approximate surface area is 114 Å². The Bertz CT molecular complexity index is 157. The van der Waals surface area contributed by atoms with Gasteiger partial charge in [0.25, 0.3) is 0 Å². The third-order valence-electron chi connectivity index (χ3n) is 3.14. The van der Waals surface area contributed by atoms with Crippen molar-refractivity contribution in [3.05, 3.63) is 0 Å². The summed E-state index contributed by atoms with van der Waals surface area (Å²) in [5, 5.41) is 0. The van der Waals surface area contributed by atoms with E-state index in [1.54, 1.807) is 0 Å². The van der Waals surface area contributed by atoms with Gasteiger partial charge < -0.3 is 9.47 Å². The van der Waals surface area contributed by atoms with E-state index in [0.717, 1.165) is 26.1 Å². The first-order valence-corrected chi connectivity index (χ1v) is 7.93. The Morgan fingerprint density at radius 3 is 2.06 bits per heavy atom. The predicted molar refractivity (Wildman–Crippen MR) is 78.8 cm³/mol. The monoisotopic (exact) mass is 258 g/mol. The van der Waals surface area contributed by atoms with Crippen molar-refractivity contribution in [2.75, 3.05) is 13.2 Å². The highest BCUT2D eigenvalue weighted by molar-refractivity contribution is 4.51. The SMILES string of the molecule is CCCCCCCCC(OCC)OCCC(C)C. The molecule has 0 saturated carbocycles. The van der Waals surface area contributed by atoms with Crippen molar-refractivity contribution < 1.29 is 9.47 Å². The summed E-state index contributed by atoms with van der Waals surface area (Å²) in [6.07, 6.45) is 10.2. The maximum atomic E-state index is 5.80. The molecule has 2 heteroatoms. The highest BCUT2D eigenvalue weighted by Gasteiger charge is 2.08. The molecule has 0 fully saturated rings. The minimum atomic E-state index is 0.0277. The van der Waals surface area contributed by atoms with E-state index in [9.17, 15) is 0 Å². The van der Waals surface area contributed by atoms with E-state index in [1.165, 1.54) is 38.5 Å². The van der Waals surface area contributed by atoms with E-state index < -0.39 is 0 Å². The number of rotatable bonds is 13. The van der Waals surface area contributed by atoms with Crippen LogP contribution in [-0.2, 0) is 9.47 Å². The van der Waals surface area contributed by atoms with Gasteiger partial charge in [-0.05, 0) is 32.1 Å². The standard InChI is InChI=1S/C16H34O2/c1-5-7-8-9-10-11-12-16(17-6-2)18-14-13-15(3)4/h15-16H,5-14H2,1-4H3. The Kier molecular flexibility index (Phi) is 13.3. The van der Waals surface area contributed by atoms with Crippen LogP contribution in [0.2, 0.25) is 0 Å². The van der Waals surface area contributed by atoms with Crippen LogP contribution in [0.15, 0.2) is 0 Å². The average Bonchev–Trinajstić information content (AvgIpc) is 2.33. The van der Waals surface area contributed by atoms with Gasteiger partial charge in [-0.3, -0.25) is 0 Å². The van der Waals surface area contributed by atoms with Gasteiger partial charge in [-0.25, -0.2) is 0 Å². The van der Waals surface area contributed by atoms with Crippen LogP contribution in [0.4, 0.5) is 0 Å². The molecule has 0 radical (unpaired) electrons. The second-order valence-corrected chi connectivity index (χ2v) is 5.49. The third-order valence-corrected chi connectivity index (χ3v) is 3.14. The maximum absolute atomic E-state index is 5.80. The van der Waals surface area contributed by atoms with Crippen molar-refractivity contribution in [2.45, 2.75) is 85.4 Å². The van der Waals surface area contributed by atoms with Crippen molar-refractivity contribution in [1.82, 2.24) is 0 Å². The van der Waals surface area contributed by atoms with Crippen molar-refractivity contribution in [2.24, 2.45) is 5.92 Å². The molecular weight excluding hydrogens is 224 g/mol. The van der Waals surface area contributed by atoms with Crippen LogP contribution in [0.3, 0.4) is 0 Å². The highest BCUT2D eigenvalue weighted by atomic mass is 16.7. The minimum Gasteiger partial charge on any atom is -0.353 e. The zero-order chi connectivity index (χ0) is 13.6. The lowest BCUT2D eigenvalue weighted by Gasteiger charge is -2.18. The summed E-state index contributed by atoms with van der Waals surface area (Å²) in [7, 11) is 0. The lowest BCUT2D eigenvalue weighted by molar-refractivity contribution is -0.145. The first-order valence-electron chi connectivity index (χ1n) is 7.93. The molecule has 1 unspecified atom stereocenters. The molecule has 0 heterocycles. The van der Waals surface area contributed by atoms with Crippen molar-refractivity contribution in [1.29, 1.82) is 0 Å². The Morgan fingerprint density at radius 1 is 0.778 bits per heavy atom. The Hall–Kier alpha value is -0.0800. The first kappa shape index (κ1) is 17.9. The van der Waals surface area contributed by atoms with E-state index in [4.69, 9.17) is 9.47 Å². The van der Waals surface area contributed by atoms with E-state index in [1.807, 2.05) is 6.92 Å². The fourth-order valence-electron chi connectivity index (χ4n) is 1.93. The molecule has 0 rings (SSSR count). The van der Waals surface area contributed by atoms with Gasteiger partial charge in [0.15, 0.2) is 6.29 Å². The van der Waals surface area contributed by atoms with Crippen LogP contribution in [0.1, 0.15) is 79.1 Å². The number of unbranched alkanes of at least 4 members (excludes halogenated alkanes) is 5. The summed E-state index contributed by atoms with van der Waals surface area (Å²) in [4.78, 5) is 0. The van der Waals surface area contributed by atoms with Gasteiger partial charge in [0.05, 0.1) is 0 Å². The lowest BCUT2D eigenvalue weighted by Crippen LogP contribution is -2.18. The molecule has 18 heavy (non-hydrogen) atoms. The molecule has 0 aromatic rings. The predicted octanol–water partition coefficient (Wildman–Crippen LogP) is 5.16. The normalized spacial score (nSPS) is 13.2. The minimum absolute atomic E-state index is 0.0277. The summed E-state index contributed by atoms with van der Waals surface area (Å²) < 4.78 is 11.4. The fourth-order valence-corrected chi connectivity index (χ4v) is 1.93. The molecule has 1 atom stereocenters. The van der Waals surface area contributed by atoms with E-state index in [0.29, 0.717) is 5.92 Å². The Balaban J connectivity index is 3.50. The van der Waals surface area contributed by atoms with Crippen molar-refractivity contribution in [3.8, 4) is 0 Å². The van der Waals surface area contributed by atoms with Gasteiger partial charge in [0, 0.05) is 13.2 Å². The topological polar surface area (TPSA) is 18.5 Å². The number of hydrogen-bond acceptors (Lipinski definition) is 2. The van der Waals surface area contributed by atoms with Crippen LogP contribution in [0.5, 0.6) is 0 Å². The van der Waals surface area contributed by atoms with Crippen LogP contribution < -0.4 is 0 Å². The molecule has 0 spiro atoms. The molecule has 110 valence electrons. The molecule has 0 aliphatic carbocycles. The molecule has 0 aromatic heterocycles. The van der Waals surface area contributed by atoms with Crippen molar-refractivity contribution in [3.63, 3.8) is 0 Å². The van der Waals surface area contributed by atoms with E-state index >= 15 is 0 Å². The highest BCUT2D eigenvalue weighted by Crippen LogP contribution is 2.12. The molecule has 0 aliphatic rings. The summed E-state index contributed by atoms with van der Waals surface area (Å²) in [5.41, 5.74) is 0. The molecule has 0 N–H and O–H groups in total. The molecule has 2 nitrogen and oxygen atoms in total. The van der Waals surface area contributed by atoms with Crippen LogP contribution in [-0.4, -0.2) is 19.5 Å². The zero-order valence-electron chi connectivity index (χ0n) is 13.0. The second kappa shape index (κ2) is 13.4. The third kappa shape index (κ3) is 12.4. The maximum Gasteiger partial charge on any atom is 0.157 e. The fraction of sp³-hybridized carbons (Fsp3) is 1.00. The largest absolute Gasteiger partial charge is 0.353 e. The lowest BCUT2D eigenvalue weighted by atomic mass is 10.1. The molecular formula is C16H34O2. The zero-order valence-corrected chi connectivity index (χ0v) is 13.0. The average molecular weight is 258 g/mol. The van der Waals surface area contributed by atoms with Crippen molar-refractivity contribution >= 4 is 0 Å². The van der Waals surface area contributed by atoms with Gasteiger partial charge in [-0.2, -0.15) is 0 Å². The molecule has 0 amide bonds. The Morgan fingerprint density at radius 2 is 1.44 bits per heavy atom. The number of ether oxygens (including phenoxy) is 2. The quantitative estimate of drug-likeness (QED) is 0.335. The summed E-state index contributed by atoms with van der Waals surface area (Å²) in [5.74, 6) is 0.710. The van der Waals surface area contributed by atoms with E-state index in [2.05, 4.69) is 20.8 Å². The number of hydrogen-bond donors (Lipinski definition) is 0. The van der Waals surface area contributed by atoms with Crippen LogP contribution >= 0.6 is 0 Å². The summed E-state index contributed by atoms with van der Waals surface area (Å²) >= 11 is 0. The van der Waals surface area contributed by atoms with Gasteiger partial charge in [0.2, 0.25) is 0 Å². The van der Waals surface area contributed by atoms with Gasteiger partial charge in [0.1, 0.15) is 0 Å². The molecule has 0 aliphatic heterocycles. The van der Waals surface area contributed by atoms with Gasteiger partial charge in [-0.15, -0.1) is 0 Å². The second-order valence-electron chi connectivity index (χ2n) is 5.49. The first-order chi connectivity index (χ1) is 8.70. The summed E-state index contributed by atoms with van der Waals surface area (Å²) in [6, 6.07) is 0. The molecule has 0 saturated heterocycles. The molecule has 0 aromatic carbocycles. The molecule has 0 bridgehead atoms. The summed E-state index contributed by atoms with van der Waals surface area (Å²) in [6.45, 7) is 10.3. The van der Waals surface area contributed by atoms with E-state index in [-0.39, 0.29) is 6.29 Å². The van der Waals surface area contributed by atoms with Gasteiger partial charge >= 0.3 is 0 Å². The van der Waals surface area contributed by atoms with Gasteiger partial charge in [-0.1, -0.05) is 52.9 Å². The smallest absolute Gasteiger partial charge is 0.157 e. The van der Waals surface area contributed by atoms with Crippen LogP contribution in [0, 0.1) is 5.92 Å².